The van der Waals surface area contributed by atoms with Crippen LogP contribution in [0.25, 0.3) is 11.3 Å². The summed E-state index contributed by atoms with van der Waals surface area (Å²) in [4.78, 5) is 32.0. The summed E-state index contributed by atoms with van der Waals surface area (Å²) in [6, 6.07) is 8.31. The highest BCUT2D eigenvalue weighted by atomic mass is 16.5. The molecule has 7 nitrogen and oxygen atoms in total. The Morgan fingerprint density at radius 3 is 2.71 bits per heavy atom. The maximum atomic E-state index is 14.5. The molecular formula is C28H38N4O3. The number of anilines is 1. The summed E-state index contributed by atoms with van der Waals surface area (Å²) in [6.45, 7) is 6.71. The lowest BCUT2D eigenvalue weighted by Crippen LogP contribution is -2.46. The molecule has 0 unspecified atom stereocenters. The molecule has 0 bridgehead atoms. The van der Waals surface area contributed by atoms with Crippen LogP contribution < -0.4 is 16.4 Å². The molecule has 35 heavy (non-hydrogen) atoms. The second-order valence-corrected chi connectivity index (χ2v) is 11.2. The number of aromatic nitrogens is 2. The van der Waals surface area contributed by atoms with Gasteiger partial charge >= 0.3 is 0 Å². The summed E-state index contributed by atoms with van der Waals surface area (Å²) in [5, 5.41) is 0. The number of rotatable bonds is 5. The SMILES string of the molecule is CCCC(=O)NNc1nc2c(c(=O)n1[C@H]1CCOC(C)(C)C1)C1(CCCCC1)Cc1ccccc1-2. The number of amides is 1. The number of carbonyl (C=O) groups is 1. The number of carbonyl (C=O) groups excluding carboxylic acids is 1. The zero-order valence-electron chi connectivity index (χ0n) is 21.3. The van der Waals surface area contributed by atoms with Crippen LogP contribution >= 0.6 is 0 Å². The Kier molecular flexibility index (Phi) is 6.47. The third-order valence-corrected chi connectivity index (χ3v) is 8.08. The average molecular weight is 479 g/mol. The summed E-state index contributed by atoms with van der Waals surface area (Å²) in [7, 11) is 0. The lowest BCUT2D eigenvalue weighted by molar-refractivity contribution is -0.120. The van der Waals surface area contributed by atoms with E-state index in [9.17, 15) is 9.59 Å². The molecule has 2 aromatic rings. The largest absolute Gasteiger partial charge is 0.375 e. The Bertz CT molecular complexity index is 1160. The molecule has 1 aromatic heterocycles. The van der Waals surface area contributed by atoms with Crippen molar-refractivity contribution in [3.63, 3.8) is 0 Å². The predicted molar refractivity (Wildman–Crippen MR) is 137 cm³/mol. The van der Waals surface area contributed by atoms with Crippen molar-refractivity contribution in [1.29, 1.82) is 0 Å². The Morgan fingerprint density at radius 1 is 1.20 bits per heavy atom. The Morgan fingerprint density at radius 2 is 1.97 bits per heavy atom. The number of nitrogens with zero attached hydrogens (tertiary/aromatic N) is 2. The Labute approximate surface area is 207 Å². The van der Waals surface area contributed by atoms with Crippen molar-refractivity contribution < 1.29 is 9.53 Å². The topological polar surface area (TPSA) is 85.3 Å². The van der Waals surface area contributed by atoms with Crippen molar-refractivity contribution in [1.82, 2.24) is 15.0 Å². The smallest absolute Gasteiger partial charge is 0.259 e. The molecule has 0 radical (unpaired) electrons. The van der Waals surface area contributed by atoms with Crippen molar-refractivity contribution in [2.75, 3.05) is 12.0 Å². The maximum Gasteiger partial charge on any atom is 0.259 e. The second kappa shape index (κ2) is 9.41. The zero-order chi connectivity index (χ0) is 24.6. The fraction of sp³-hybridized carbons (Fsp3) is 0.607. The van der Waals surface area contributed by atoms with Gasteiger partial charge in [-0.25, -0.2) is 4.98 Å². The third-order valence-electron chi connectivity index (χ3n) is 8.08. The van der Waals surface area contributed by atoms with E-state index in [0.717, 1.165) is 61.8 Å². The van der Waals surface area contributed by atoms with Crippen molar-refractivity contribution in [3.8, 4) is 11.3 Å². The fourth-order valence-electron chi connectivity index (χ4n) is 6.48. The van der Waals surface area contributed by atoms with Crippen LogP contribution in [0.15, 0.2) is 29.1 Å². The van der Waals surface area contributed by atoms with Crippen LogP contribution in [0.4, 0.5) is 5.95 Å². The van der Waals surface area contributed by atoms with E-state index in [1.54, 1.807) is 0 Å². The molecule has 1 atom stereocenters. The van der Waals surface area contributed by atoms with Crippen LogP contribution in [-0.4, -0.2) is 27.7 Å². The summed E-state index contributed by atoms with van der Waals surface area (Å²) in [6.07, 6.45) is 9.05. The molecule has 2 fully saturated rings. The summed E-state index contributed by atoms with van der Waals surface area (Å²) in [5.74, 6) is 0.311. The Hall–Kier alpha value is -2.67. The van der Waals surface area contributed by atoms with Gasteiger partial charge in [0.15, 0.2) is 0 Å². The van der Waals surface area contributed by atoms with E-state index < -0.39 is 0 Å². The number of benzene rings is 1. The van der Waals surface area contributed by atoms with E-state index in [2.05, 4.69) is 42.9 Å². The lowest BCUT2D eigenvalue weighted by Gasteiger charge is -2.43. The van der Waals surface area contributed by atoms with Crippen LogP contribution in [0.1, 0.15) is 95.7 Å². The number of nitrogens with one attached hydrogen (secondary N) is 2. The first-order chi connectivity index (χ1) is 16.8. The van der Waals surface area contributed by atoms with Crippen LogP contribution in [-0.2, 0) is 21.4 Å². The molecule has 1 spiro atoms. The minimum atomic E-state index is -0.323. The molecule has 5 rings (SSSR count). The second-order valence-electron chi connectivity index (χ2n) is 11.2. The van der Waals surface area contributed by atoms with Gasteiger partial charge in [0.25, 0.3) is 5.56 Å². The molecule has 2 heterocycles. The van der Waals surface area contributed by atoms with Crippen LogP contribution in [0.2, 0.25) is 0 Å². The normalized spacial score (nSPS) is 22.2. The first-order valence-corrected chi connectivity index (χ1v) is 13.3. The highest BCUT2D eigenvalue weighted by Crippen LogP contribution is 2.49. The van der Waals surface area contributed by atoms with E-state index in [0.29, 0.717) is 25.4 Å². The number of hydrogen-bond donors (Lipinski definition) is 2. The number of hydrogen-bond acceptors (Lipinski definition) is 5. The van der Waals surface area contributed by atoms with Gasteiger partial charge in [-0.2, -0.15) is 0 Å². The summed E-state index contributed by atoms with van der Waals surface area (Å²) >= 11 is 0. The van der Waals surface area contributed by atoms with E-state index in [1.165, 1.54) is 12.0 Å². The van der Waals surface area contributed by atoms with E-state index in [4.69, 9.17) is 9.72 Å². The van der Waals surface area contributed by atoms with E-state index >= 15 is 0 Å². The summed E-state index contributed by atoms with van der Waals surface area (Å²) in [5.41, 5.74) is 9.35. The van der Waals surface area contributed by atoms with Gasteiger partial charge < -0.3 is 4.74 Å². The van der Waals surface area contributed by atoms with E-state index in [1.807, 2.05) is 17.6 Å². The molecule has 1 saturated carbocycles. The first-order valence-electron chi connectivity index (χ1n) is 13.3. The number of fused-ring (bicyclic) bond motifs is 4. The van der Waals surface area contributed by atoms with Gasteiger partial charge in [-0.05, 0) is 57.9 Å². The molecule has 1 saturated heterocycles. The minimum Gasteiger partial charge on any atom is -0.375 e. The van der Waals surface area contributed by atoms with Crippen molar-refractivity contribution >= 4 is 11.9 Å². The standard InChI is InChI=1S/C28H38N4O3/c1-4-10-22(33)30-31-26-29-24-21-12-7-6-11-19(21)17-28(14-8-5-9-15-28)23(24)25(34)32(26)20-13-16-35-27(2,3)18-20/h6-7,11-12,20H,4-5,8-10,13-18H2,1-3H3,(H,29,31)(H,30,33)/t20-/m0/s1. The van der Waals surface area contributed by atoms with Gasteiger partial charge in [0, 0.05) is 30.0 Å². The van der Waals surface area contributed by atoms with Gasteiger partial charge in [0.2, 0.25) is 11.9 Å². The average Bonchev–Trinajstić information content (AvgIpc) is 2.82. The molecule has 2 N–H and O–H groups in total. The number of hydrazine groups is 1. The molecule has 1 amide bonds. The molecule has 2 aliphatic carbocycles. The van der Waals surface area contributed by atoms with Gasteiger partial charge in [0.05, 0.1) is 16.9 Å². The van der Waals surface area contributed by atoms with Gasteiger partial charge in [-0.1, -0.05) is 50.5 Å². The van der Waals surface area contributed by atoms with Crippen molar-refractivity contribution in [2.24, 2.45) is 0 Å². The Balaban J connectivity index is 1.70. The molecule has 3 aliphatic rings. The van der Waals surface area contributed by atoms with Crippen LogP contribution in [0.5, 0.6) is 0 Å². The number of ether oxygens (including phenoxy) is 1. The lowest BCUT2D eigenvalue weighted by atomic mass is 9.62. The van der Waals surface area contributed by atoms with Gasteiger partial charge in [-0.15, -0.1) is 0 Å². The highest BCUT2D eigenvalue weighted by Gasteiger charge is 2.44. The third kappa shape index (κ3) is 4.51. The maximum absolute atomic E-state index is 14.5. The fourth-order valence-corrected chi connectivity index (χ4v) is 6.48. The molecule has 188 valence electrons. The zero-order valence-corrected chi connectivity index (χ0v) is 21.3. The molecule has 7 heteroatoms. The highest BCUT2D eigenvalue weighted by molar-refractivity contribution is 5.77. The monoisotopic (exact) mass is 478 g/mol. The quantitative estimate of drug-likeness (QED) is 0.588. The molecule has 1 aliphatic heterocycles. The predicted octanol–water partition coefficient (Wildman–Crippen LogP) is 5.04. The summed E-state index contributed by atoms with van der Waals surface area (Å²) < 4.78 is 7.80. The van der Waals surface area contributed by atoms with Gasteiger partial charge in [-0.3, -0.25) is 25.0 Å². The molecular weight excluding hydrogens is 440 g/mol. The van der Waals surface area contributed by atoms with Crippen molar-refractivity contribution in [3.05, 3.63) is 45.7 Å². The first kappa shape index (κ1) is 24.0. The minimum absolute atomic E-state index is 0.0429. The molecule has 1 aromatic carbocycles. The van der Waals surface area contributed by atoms with Crippen molar-refractivity contribution in [2.45, 2.75) is 102 Å². The van der Waals surface area contributed by atoms with Crippen LogP contribution in [0.3, 0.4) is 0 Å². The van der Waals surface area contributed by atoms with Gasteiger partial charge in [0.1, 0.15) is 0 Å². The van der Waals surface area contributed by atoms with E-state index in [-0.39, 0.29) is 28.5 Å². The van der Waals surface area contributed by atoms with Crippen LogP contribution in [0, 0.1) is 0 Å².